The molecule has 0 radical (unpaired) electrons. The number of halogens is 7. The molecular formula is C8H4BrF6NO. The molecule has 9 heteroatoms. The van der Waals surface area contributed by atoms with Crippen molar-refractivity contribution in [3.63, 3.8) is 0 Å². The van der Waals surface area contributed by atoms with Crippen molar-refractivity contribution < 1.29 is 31.4 Å². The van der Waals surface area contributed by atoms with Gasteiger partial charge in [-0.1, -0.05) is 6.07 Å². The highest BCUT2D eigenvalue weighted by Gasteiger charge is 2.72. The van der Waals surface area contributed by atoms with E-state index < -0.39 is 28.1 Å². The molecule has 0 bridgehead atoms. The zero-order valence-electron chi connectivity index (χ0n) is 7.77. The van der Waals surface area contributed by atoms with Crippen molar-refractivity contribution in [2.75, 3.05) is 0 Å². The quantitative estimate of drug-likeness (QED) is 0.636. The molecule has 2 nitrogen and oxygen atoms in total. The second-order valence-electron chi connectivity index (χ2n) is 3.05. The van der Waals surface area contributed by atoms with E-state index in [0.29, 0.717) is 6.07 Å². The minimum Gasteiger partial charge on any atom is -0.369 e. The summed E-state index contributed by atoms with van der Waals surface area (Å²) in [7, 11) is 0. The minimum atomic E-state index is -5.91. The smallest absolute Gasteiger partial charge is 0.369 e. The molecule has 1 aromatic rings. The second-order valence-corrected chi connectivity index (χ2v) is 3.80. The van der Waals surface area contributed by atoms with Crippen molar-refractivity contribution in [2.24, 2.45) is 0 Å². The first-order valence-electron chi connectivity index (χ1n) is 3.98. The number of pyridine rings is 1. The zero-order valence-corrected chi connectivity index (χ0v) is 9.36. The van der Waals surface area contributed by atoms with Crippen LogP contribution < -0.4 is 0 Å². The topological polar surface area (TPSA) is 33.1 Å². The van der Waals surface area contributed by atoms with Gasteiger partial charge in [0.05, 0.1) is 0 Å². The van der Waals surface area contributed by atoms with Crippen LogP contribution in [0.2, 0.25) is 0 Å². The van der Waals surface area contributed by atoms with Crippen LogP contribution in [-0.4, -0.2) is 22.4 Å². The molecule has 0 aliphatic rings. The van der Waals surface area contributed by atoms with E-state index in [1.165, 1.54) is 0 Å². The number of alkyl halides is 6. The summed E-state index contributed by atoms with van der Waals surface area (Å²) in [5, 5.41) is 9.02. The van der Waals surface area contributed by atoms with Crippen LogP contribution in [0.5, 0.6) is 0 Å². The highest BCUT2D eigenvalue weighted by molar-refractivity contribution is 9.10. The molecule has 0 atom stereocenters. The Morgan fingerprint density at radius 2 is 1.53 bits per heavy atom. The van der Waals surface area contributed by atoms with Crippen molar-refractivity contribution in [3.05, 3.63) is 28.5 Å². The monoisotopic (exact) mass is 323 g/mol. The molecule has 1 aromatic heterocycles. The fourth-order valence-corrected chi connectivity index (χ4v) is 1.66. The largest absolute Gasteiger partial charge is 0.430 e. The average Bonchev–Trinajstić information content (AvgIpc) is 2.13. The predicted molar refractivity (Wildman–Crippen MR) is 47.9 cm³/mol. The van der Waals surface area contributed by atoms with Gasteiger partial charge in [0, 0.05) is 11.8 Å². The molecule has 0 aliphatic heterocycles. The van der Waals surface area contributed by atoms with Crippen molar-refractivity contribution in [1.29, 1.82) is 0 Å². The summed E-state index contributed by atoms with van der Waals surface area (Å²) < 4.78 is 74.0. The van der Waals surface area contributed by atoms with E-state index >= 15 is 0 Å². The lowest BCUT2D eigenvalue weighted by Crippen LogP contribution is -2.54. The lowest BCUT2D eigenvalue weighted by molar-refractivity contribution is -0.376. The van der Waals surface area contributed by atoms with Gasteiger partial charge in [-0.3, -0.25) is 0 Å². The van der Waals surface area contributed by atoms with Gasteiger partial charge in [0.15, 0.2) is 0 Å². The predicted octanol–water partition coefficient (Wildman–Crippen LogP) is 3.16. The maximum atomic E-state index is 12.4. The molecule has 0 fully saturated rings. The van der Waals surface area contributed by atoms with Gasteiger partial charge in [-0.05, 0) is 22.0 Å². The fraction of sp³-hybridized carbons (Fsp3) is 0.375. The Hall–Kier alpha value is -0.830. The number of nitrogens with zero attached hydrogens (tertiary/aromatic N) is 1. The van der Waals surface area contributed by atoms with E-state index in [-0.39, 0.29) is 0 Å². The summed E-state index contributed by atoms with van der Waals surface area (Å²) in [5.41, 5.74) is -6.35. The molecular weight excluding hydrogens is 320 g/mol. The maximum absolute atomic E-state index is 12.4. The minimum absolute atomic E-state index is 0.498. The van der Waals surface area contributed by atoms with Crippen LogP contribution in [0.25, 0.3) is 0 Å². The lowest BCUT2D eigenvalue weighted by atomic mass is 9.94. The third-order valence-electron chi connectivity index (χ3n) is 1.97. The van der Waals surface area contributed by atoms with Crippen molar-refractivity contribution in [3.8, 4) is 0 Å². The molecule has 1 rings (SSSR count). The highest BCUT2D eigenvalue weighted by atomic mass is 79.9. The van der Waals surface area contributed by atoms with E-state index in [1.54, 1.807) is 0 Å². The number of aliphatic hydroxyl groups is 1. The Kier molecular flexibility index (Phi) is 3.45. The molecule has 0 aromatic carbocycles. The molecule has 0 unspecified atom stereocenters. The normalized spacial score (nSPS) is 13.9. The summed E-state index contributed by atoms with van der Waals surface area (Å²) in [6, 6.07) is 1.36. The third-order valence-corrected chi connectivity index (χ3v) is 2.60. The molecule has 0 aliphatic carbocycles. The first-order chi connectivity index (χ1) is 7.52. The summed E-state index contributed by atoms with van der Waals surface area (Å²) >= 11 is 2.45. The van der Waals surface area contributed by atoms with Gasteiger partial charge in [-0.2, -0.15) is 26.3 Å². The van der Waals surface area contributed by atoms with E-state index in [2.05, 4.69) is 20.9 Å². The van der Waals surface area contributed by atoms with Gasteiger partial charge in [-0.15, -0.1) is 0 Å². The zero-order chi connectivity index (χ0) is 13.5. The van der Waals surface area contributed by atoms with Crippen LogP contribution >= 0.6 is 15.9 Å². The van der Waals surface area contributed by atoms with Crippen molar-refractivity contribution >= 4 is 15.9 Å². The lowest BCUT2D eigenvalue weighted by Gasteiger charge is -2.32. The van der Waals surface area contributed by atoms with E-state index in [4.69, 9.17) is 5.11 Å². The van der Waals surface area contributed by atoms with Gasteiger partial charge >= 0.3 is 12.4 Å². The summed E-state index contributed by atoms with van der Waals surface area (Å²) in [6.45, 7) is 0. The molecule has 1 N–H and O–H groups in total. The number of rotatable bonds is 1. The molecule has 1 heterocycles. The second kappa shape index (κ2) is 4.13. The summed E-state index contributed by atoms with van der Waals surface area (Å²) in [5.74, 6) is 0. The van der Waals surface area contributed by atoms with E-state index in [9.17, 15) is 26.3 Å². The molecule has 0 saturated carbocycles. The Labute approximate surface area is 99.4 Å². The Morgan fingerprint density at radius 3 is 1.88 bits per heavy atom. The standard InChI is InChI=1S/C8H4BrF6NO/c9-5-4(2-1-3-16-5)6(17,7(10,11)12)8(13,14)15/h1-3,17H. The number of hydrogen-bond acceptors (Lipinski definition) is 2. The molecule has 96 valence electrons. The van der Waals surface area contributed by atoms with E-state index in [1.807, 2.05) is 0 Å². The molecule has 0 spiro atoms. The van der Waals surface area contributed by atoms with E-state index in [0.717, 1.165) is 12.3 Å². The number of hydrogen-bond donors (Lipinski definition) is 1. The molecule has 0 amide bonds. The SMILES string of the molecule is OC(c1cccnc1Br)(C(F)(F)F)C(F)(F)F. The summed E-state index contributed by atoms with van der Waals surface area (Å²) in [6.07, 6.45) is -10.8. The van der Waals surface area contributed by atoms with Crippen molar-refractivity contribution in [2.45, 2.75) is 18.0 Å². The first-order valence-corrected chi connectivity index (χ1v) is 4.78. The Morgan fingerprint density at radius 1 is 1.06 bits per heavy atom. The molecule has 17 heavy (non-hydrogen) atoms. The van der Waals surface area contributed by atoms with Crippen LogP contribution in [-0.2, 0) is 5.60 Å². The first kappa shape index (κ1) is 14.2. The van der Waals surface area contributed by atoms with Gasteiger partial charge in [0.2, 0.25) is 0 Å². The van der Waals surface area contributed by atoms with Crippen LogP contribution in [0.1, 0.15) is 5.56 Å². The number of aromatic nitrogens is 1. The summed E-state index contributed by atoms with van der Waals surface area (Å²) in [4.78, 5) is 3.23. The van der Waals surface area contributed by atoms with Gasteiger partial charge in [-0.25, -0.2) is 4.98 Å². The van der Waals surface area contributed by atoms with Crippen LogP contribution in [0, 0.1) is 0 Å². The average molecular weight is 324 g/mol. The third kappa shape index (κ3) is 2.25. The van der Waals surface area contributed by atoms with Gasteiger partial charge in [0.1, 0.15) is 4.60 Å². The van der Waals surface area contributed by atoms with Gasteiger partial charge in [0.25, 0.3) is 5.60 Å². The van der Waals surface area contributed by atoms with Crippen LogP contribution in [0.3, 0.4) is 0 Å². The molecule has 0 saturated heterocycles. The van der Waals surface area contributed by atoms with Crippen LogP contribution in [0.4, 0.5) is 26.3 Å². The fourth-order valence-electron chi connectivity index (χ4n) is 1.12. The van der Waals surface area contributed by atoms with Crippen molar-refractivity contribution in [1.82, 2.24) is 4.98 Å². The highest BCUT2D eigenvalue weighted by Crippen LogP contribution is 2.51. The Bertz CT molecular complexity index is 401. The maximum Gasteiger partial charge on any atom is 0.430 e. The Balaban J connectivity index is 3.53. The van der Waals surface area contributed by atoms with Gasteiger partial charge < -0.3 is 5.11 Å². The van der Waals surface area contributed by atoms with Crippen LogP contribution in [0.15, 0.2) is 22.9 Å².